The van der Waals surface area contributed by atoms with E-state index < -0.39 is 6.10 Å². The van der Waals surface area contributed by atoms with Crippen LogP contribution in [0.25, 0.3) is 11.0 Å². The largest absolute Gasteiger partial charge is 0.491 e. The van der Waals surface area contributed by atoms with E-state index in [1.807, 2.05) is 24.3 Å². The topological polar surface area (TPSA) is 38.3 Å². The quantitative estimate of drug-likeness (QED) is 0.659. The van der Waals surface area contributed by atoms with Crippen LogP contribution in [0.4, 0.5) is 0 Å². The van der Waals surface area contributed by atoms with Crippen molar-refractivity contribution in [3.8, 4) is 5.75 Å². The first kappa shape index (κ1) is 18.5. The van der Waals surface area contributed by atoms with Crippen LogP contribution in [0, 0.1) is 0 Å². The van der Waals surface area contributed by atoms with Gasteiger partial charge in [-0.15, -0.1) is 0 Å². The Morgan fingerprint density at radius 1 is 1.08 bits per heavy atom. The lowest BCUT2D eigenvalue weighted by molar-refractivity contribution is -0.653. The number of imidazole rings is 1. The smallest absolute Gasteiger partial charge is 0.256 e. The zero-order valence-electron chi connectivity index (χ0n) is 16.1. The predicted molar refractivity (Wildman–Crippen MR) is 105 cm³/mol. The van der Waals surface area contributed by atoms with Gasteiger partial charge in [0.05, 0.1) is 7.05 Å². The number of aliphatic hydroxyl groups is 1. The summed E-state index contributed by atoms with van der Waals surface area (Å²) >= 11 is 0. The second kappa shape index (κ2) is 7.92. The molecule has 138 valence electrons. The van der Waals surface area contributed by atoms with E-state index in [1.165, 1.54) is 16.9 Å². The second-order valence-corrected chi connectivity index (χ2v) is 7.12. The third kappa shape index (κ3) is 3.75. The van der Waals surface area contributed by atoms with Gasteiger partial charge in [-0.1, -0.05) is 45.0 Å². The molecule has 0 aliphatic rings. The molecule has 0 bridgehead atoms. The van der Waals surface area contributed by atoms with Crippen LogP contribution >= 0.6 is 0 Å². The molecule has 3 rings (SSSR count). The Bertz CT molecular complexity index is 866. The zero-order valence-corrected chi connectivity index (χ0v) is 16.1. The Balaban J connectivity index is 1.70. The summed E-state index contributed by atoms with van der Waals surface area (Å²) in [6.07, 6.45) is 0.343. The second-order valence-electron chi connectivity index (χ2n) is 7.12. The summed E-state index contributed by atoms with van der Waals surface area (Å²) in [4.78, 5) is 0. The molecule has 0 aliphatic carbocycles. The number of aromatic nitrogens is 2. The van der Waals surface area contributed by atoms with Gasteiger partial charge in [0.25, 0.3) is 5.82 Å². The number of aryl methyl sites for hydroxylation is 1. The molecule has 0 saturated carbocycles. The van der Waals surface area contributed by atoms with Crippen molar-refractivity contribution in [2.45, 2.75) is 45.8 Å². The number of aliphatic hydroxyl groups excluding tert-OH is 1. The SMILES string of the molecule is CCc1n(C[C@H](O)COc2ccc(C(C)C)cc2)c2ccccc2[n+]1C. The molecule has 26 heavy (non-hydrogen) atoms. The minimum atomic E-state index is -0.569. The molecule has 1 aromatic heterocycles. The van der Waals surface area contributed by atoms with E-state index in [4.69, 9.17) is 4.74 Å². The molecule has 0 saturated heterocycles. The summed E-state index contributed by atoms with van der Waals surface area (Å²) in [5.74, 6) is 2.50. The van der Waals surface area contributed by atoms with Crippen molar-refractivity contribution >= 4 is 11.0 Å². The maximum atomic E-state index is 10.5. The minimum absolute atomic E-state index is 0.278. The van der Waals surface area contributed by atoms with Crippen LogP contribution in [0.5, 0.6) is 5.75 Å². The molecule has 0 radical (unpaired) electrons. The van der Waals surface area contributed by atoms with Crippen LogP contribution < -0.4 is 9.30 Å². The van der Waals surface area contributed by atoms with Gasteiger partial charge in [0.15, 0.2) is 11.0 Å². The zero-order chi connectivity index (χ0) is 18.7. The molecule has 4 heteroatoms. The van der Waals surface area contributed by atoms with Crippen molar-refractivity contribution in [3.63, 3.8) is 0 Å². The van der Waals surface area contributed by atoms with Gasteiger partial charge in [0.2, 0.25) is 0 Å². The summed E-state index contributed by atoms with van der Waals surface area (Å²) in [7, 11) is 2.08. The van der Waals surface area contributed by atoms with Crippen molar-refractivity contribution in [3.05, 3.63) is 59.9 Å². The number of nitrogens with zero attached hydrogens (tertiary/aromatic N) is 2. The highest BCUT2D eigenvalue weighted by Crippen LogP contribution is 2.19. The number of hydrogen-bond donors (Lipinski definition) is 1. The molecule has 0 unspecified atom stereocenters. The van der Waals surface area contributed by atoms with E-state index in [0.29, 0.717) is 12.5 Å². The predicted octanol–water partition coefficient (Wildman–Crippen LogP) is 3.59. The summed E-state index contributed by atoms with van der Waals surface area (Å²) in [5.41, 5.74) is 3.62. The van der Waals surface area contributed by atoms with Gasteiger partial charge in [-0.2, -0.15) is 0 Å². The summed E-state index contributed by atoms with van der Waals surface area (Å²) in [6, 6.07) is 16.4. The van der Waals surface area contributed by atoms with Crippen LogP contribution in [0.15, 0.2) is 48.5 Å². The lowest BCUT2D eigenvalue weighted by Crippen LogP contribution is -2.34. The van der Waals surface area contributed by atoms with Gasteiger partial charge in [0, 0.05) is 6.42 Å². The van der Waals surface area contributed by atoms with E-state index >= 15 is 0 Å². The van der Waals surface area contributed by atoms with Crippen LogP contribution in [-0.2, 0) is 20.0 Å². The maximum absolute atomic E-state index is 10.5. The number of rotatable bonds is 7. The number of hydrogen-bond acceptors (Lipinski definition) is 2. The Morgan fingerprint density at radius 3 is 2.42 bits per heavy atom. The molecule has 2 aromatic carbocycles. The van der Waals surface area contributed by atoms with Crippen molar-refractivity contribution in [2.75, 3.05) is 6.61 Å². The molecule has 4 nitrogen and oxygen atoms in total. The highest BCUT2D eigenvalue weighted by atomic mass is 16.5. The highest BCUT2D eigenvalue weighted by molar-refractivity contribution is 5.72. The number of benzene rings is 2. The fourth-order valence-electron chi connectivity index (χ4n) is 3.47. The van der Waals surface area contributed by atoms with Crippen LogP contribution in [0.2, 0.25) is 0 Å². The first-order valence-corrected chi connectivity index (χ1v) is 9.38. The number of fused-ring (bicyclic) bond motifs is 1. The van der Waals surface area contributed by atoms with E-state index in [-0.39, 0.29) is 6.61 Å². The highest BCUT2D eigenvalue weighted by Gasteiger charge is 2.23. The molecule has 3 aromatic rings. The number of para-hydroxylation sites is 2. The average molecular weight is 353 g/mol. The molecular weight excluding hydrogens is 324 g/mol. The molecule has 0 spiro atoms. The Hall–Kier alpha value is -2.33. The summed E-state index contributed by atoms with van der Waals surface area (Å²) in [5, 5.41) is 10.5. The average Bonchev–Trinajstić information content (AvgIpc) is 2.92. The standard InChI is InChI=1S/C22H29N2O2/c1-5-22-23(4)20-8-6-7-9-21(20)24(22)14-18(25)15-26-19-12-10-17(11-13-19)16(2)3/h6-13,16,18,25H,5,14-15H2,1-4H3/q+1/t18-/m0/s1. The first-order valence-electron chi connectivity index (χ1n) is 9.38. The Morgan fingerprint density at radius 2 is 1.77 bits per heavy atom. The third-order valence-electron chi connectivity index (χ3n) is 4.93. The maximum Gasteiger partial charge on any atom is 0.256 e. The van der Waals surface area contributed by atoms with E-state index in [1.54, 1.807) is 0 Å². The van der Waals surface area contributed by atoms with Crippen molar-refractivity contribution in [1.82, 2.24) is 4.57 Å². The van der Waals surface area contributed by atoms with E-state index in [9.17, 15) is 5.11 Å². The molecule has 0 amide bonds. The van der Waals surface area contributed by atoms with Gasteiger partial charge in [-0.25, -0.2) is 9.13 Å². The van der Waals surface area contributed by atoms with Crippen molar-refractivity contribution in [1.29, 1.82) is 0 Å². The Labute approximate surface area is 155 Å². The molecular formula is C22H29N2O2+. The van der Waals surface area contributed by atoms with Gasteiger partial charge in [0.1, 0.15) is 25.0 Å². The molecule has 1 N–H and O–H groups in total. The first-order chi connectivity index (χ1) is 12.5. The van der Waals surface area contributed by atoms with Crippen molar-refractivity contribution in [2.24, 2.45) is 7.05 Å². The Kier molecular flexibility index (Phi) is 5.62. The van der Waals surface area contributed by atoms with Gasteiger partial charge >= 0.3 is 0 Å². The molecule has 1 heterocycles. The van der Waals surface area contributed by atoms with Gasteiger partial charge in [-0.05, 0) is 35.7 Å². The number of ether oxygens (including phenoxy) is 1. The third-order valence-corrected chi connectivity index (χ3v) is 4.93. The van der Waals surface area contributed by atoms with Gasteiger partial charge in [-0.3, -0.25) is 0 Å². The van der Waals surface area contributed by atoms with Crippen LogP contribution in [0.3, 0.4) is 0 Å². The fraction of sp³-hybridized carbons (Fsp3) is 0.409. The summed E-state index contributed by atoms with van der Waals surface area (Å²) < 4.78 is 10.2. The molecule has 1 atom stereocenters. The van der Waals surface area contributed by atoms with Crippen molar-refractivity contribution < 1.29 is 14.4 Å². The van der Waals surface area contributed by atoms with E-state index in [0.717, 1.165) is 17.7 Å². The van der Waals surface area contributed by atoms with Gasteiger partial charge < -0.3 is 9.84 Å². The monoisotopic (exact) mass is 353 g/mol. The molecule has 0 fully saturated rings. The van der Waals surface area contributed by atoms with Crippen LogP contribution in [-0.4, -0.2) is 22.4 Å². The van der Waals surface area contributed by atoms with E-state index in [2.05, 4.69) is 61.2 Å². The molecule has 0 aliphatic heterocycles. The lowest BCUT2D eigenvalue weighted by atomic mass is 10.0. The normalized spacial score (nSPS) is 12.7. The summed E-state index contributed by atoms with van der Waals surface area (Å²) in [6.45, 7) is 7.29. The fourth-order valence-corrected chi connectivity index (χ4v) is 3.47. The van der Waals surface area contributed by atoms with Crippen LogP contribution in [0.1, 0.15) is 38.1 Å². The minimum Gasteiger partial charge on any atom is -0.491 e. The lowest BCUT2D eigenvalue weighted by Gasteiger charge is -2.13.